The molecule has 0 aliphatic heterocycles. The summed E-state index contributed by atoms with van der Waals surface area (Å²) in [5.41, 5.74) is 5.68. The number of anilines is 1. The maximum absolute atomic E-state index is 11.3. The number of carboxylic acids is 1. The van der Waals surface area contributed by atoms with E-state index in [0.29, 0.717) is 5.69 Å². The van der Waals surface area contributed by atoms with Crippen LogP contribution in [0.1, 0.15) is 17.3 Å². The summed E-state index contributed by atoms with van der Waals surface area (Å²) in [5, 5.41) is 11.5. The molecule has 1 aromatic rings. The van der Waals surface area contributed by atoms with Crippen LogP contribution < -0.4 is 11.1 Å². The first kappa shape index (κ1) is 12.5. The molecule has 0 heterocycles. The normalized spacial score (nSPS) is 11.9. The zero-order valence-corrected chi connectivity index (χ0v) is 9.28. The predicted molar refractivity (Wildman–Crippen MR) is 60.7 cm³/mol. The Labute approximate surface area is 97.2 Å². The molecule has 0 saturated carbocycles. The number of carbonyl (C=O) groups excluding carboxylic acids is 1. The summed E-state index contributed by atoms with van der Waals surface area (Å²) in [6.07, 6.45) is 0. The lowest BCUT2D eigenvalue weighted by Gasteiger charge is -2.08. The molecule has 0 bridgehead atoms. The molecule has 86 valence electrons. The number of nitrogens with two attached hydrogens (primary N) is 1. The summed E-state index contributed by atoms with van der Waals surface area (Å²) in [4.78, 5) is 22.0. The van der Waals surface area contributed by atoms with Gasteiger partial charge in [0, 0.05) is 10.7 Å². The number of hydrogen-bond acceptors (Lipinski definition) is 3. The first-order valence-corrected chi connectivity index (χ1v) is 4.88. The lowest BCUT2D eigenvalue weighted by Crippen LogP contribution is -2.32. The topological polar surface area (TPSA) is 92.4 Å². The van der Waals surface area contributed by atoms with E-state index < -0.39 is 17.9 Å². The number of benzene rings is 1. The highest BCUT2D eigenvalue weighted by atomic mass is 35.5. The Balaban J connectivity index is 2.97. The summed E-state index contributed by atoms with van der Waals surface area (Å²) in [7, 11) is 0. The molecular formula is C10H11ClN2O3. The van der Waals surface area contributed by atoms with Crippen molar-refractivity contribution in [3.8, 4) is 0 Å². The molecule has 0 spiro atoms. The molecule has 0 saturated heterocycles. The molecule has 0 fully saturated rings. The molecule has 1 atom stereocenters. The summed E-state index contributed by atoms with van der Waals surface area (Å²) in [5.74, 6) is -1.52. The van der Waals surface area contributed by atoms with E-state index in [1.165, 1.54) is 25.1 Å². The van der Waals surface area contributed by atoms with Crippen molar-refractivity contribution < 1.29 is 14.7 Å². The first-order chi connectivity index (χ1) is 7.40. The van der Waals surface area contributed by atoms with Crippen molar-refractivity contribution in [1.29, 1.82) is 0 Å². The minimum Gasteiger partial charge on any atom is -0.478 e. The van der Waals surface area contributed by atoms with E-state index in [1.807, 2.05) is 0 Å². The van der Waals surface area contributed by atoms with E-state index in [1.54, 1.807) is 0 Å². The Kier molecular flexibility index (Phi) is 3.87. The van der Waals surface area contributed by atoms with Crippen molar-refractivity contribution in [1.82, 2.24) is 0 Å². The smallest absolute Gasteiger partial charge is 0.335 e. The number of aromatic carboxylic acids is 1. The summed E-state index contributed by atoms with van der Waals surface area (Å²) in [6, 6.07) is 3.39. The van der Waals surface area contributed by atoms with Crippen LogP contribution in [0.25, 0.3) is 0 Å². The SMILES string of the molecule is CC(N)C(=O)Nc1cc(Cl)cc(C(=O)O)c1. The largest absolute Gasteiger partial charge is 0.478 e. The highest BCUT2D eigenvalue weighted by Gasteiger charge is 2.10. The zero-order valence-electron chi connectivity index (χ0n) is 8.53. The van der Waals surface area contributed by atoms with Crippen LogP contribution in [0, 0.1) is 0 Å². The molecule has 1 aromatic carbocycles. The molecule has 16 heavy (non-hydrogen) atoms. The van der Waals surface area contributed by atoms with Crippen LogP contribution in [0.4, 0.5) is 5.69 Å². The van der Waals surface area contributed by atoms with Crippen LogP contribution in [0.3, 0.4) is 0 Å². The van der Waals surface area contributed by atoms with Gasteiger partial charge in [0.2, 0.25) is 5.91 Å². The van der Waals surface area contributed by atoms with Gasteiger partial charge >= 0.3 is 5.97 Å². The van der Waals surface area contributed by atoms with Crippen molar-refractivity contribution in [2.45, 2.75) is 13.0 Å². The number of nitrogens with one attached hydrogen (secondary N) is 1. The van der Waals surface area contributed by atoms with Gasteiger partial charge in [-0.3, -0.25) is 4.79 Å². The Hall–Kier alpha value is -1.59. The minimum absolute atomic E-state index is 0.00692. The van der Waals surface area contributed by atoms with Gasteiger partial charge in [0.1, 0.15) is 0 Å². The molecule has 0 aliphatic carbocycles. The number of carboxylic acid groups (broad SMARTS) is 1. The second-order valence-corrected chi connectivity index (χ2v) is 3.75. The van der Waals surface area contributed by atoms with Gasteiger partial charge < -0.3 is 16.2 Å². The van der Waals surface area contributed by atoms with Crippen LogP contribution in [-0.4, -0.2) is 23.0 Å². The molecular weight excluding hydrogens is 232 g/mol. The standard InChI is InChI=1S/C10H11ClN2O3/c1-5(12)9(14)13-8-3-6(10(15)16)2-7(11)4-8/h2-5H,12H2,1H3,(H,13,14)(H,15,16). The number of amides is 1. The average Bonchev–Trinajstić information content (AvgIpc) is 2.16. The fourth-order valence-electron chi connectivity index (χ4n) is 1.04. The molecule has 1 amide bonds. The van der Waals surface area contributed by atoms with Crippen molar-refractivity contribution in [3.05, 3.63) is 28.8 Å². The van der Waals surface area contributed by atoms with E-state index >= 15 is 0 Å². The number of hydrogen-bond donors (Lipinski definition) is 3. The van der Waals surface area contributed by atoms with Gasteiger partial charge in [-0.1, -0.05) is 11.6 Å². The van der Waals surface area contributed by atoms with E-state index in [-0.39, 0.29) is 10.6 Å². The van der Waals surface area contributed by atoms with Crippen LogP contribution in [-0.2, 0) is 4.79 Å². The number of halogens is 1. The molecule has 0 radical (unpaired) electrons. The van der Waals surface area contributed by atoms with Crippen LogP contribution in [0.2, 0.25) is 5.02 Å². The quantitative estimate of drug-likeness (QED) is 0.745. The van der Waals surface area contributed by atoms with Gasteiger partial charge in [0.25, 0.3) is 0 Å². The Morgan fingerprint density at radius 3 is 2.56 bits per heavy atom. The second-order valence-electron chi connectivity index (χ2n) is 3.31. The number of carbonyl (C=O) groups is 2. The van der Waals surface area contributed by atoms with Gasteiger partial charge in [-0.15, -0.1) is 0 Å². The average molecular weight is 243 g/mol. The van der Waals surface area contributed by atoms with E-state index in [2.05, 4.69) is 5.32 Å². The van der Waals surface area contributed by atoms with Gasteiger partial charge in [-0.2, -0.15) is 0 Å². The van der Waals surface area contributed by atoms with E-state index in [4.69, 9.17) is 22.4 Å². The van der Waals surface area contributed by atoms with Crippen LogP contribution in [0.15, 0.2) is 18.2 Å². The third-order valence-electron chi connectivity index (χ3n) is 1.83. The summed E-state index contributed by atoms with van der Waals surface area (Å²) >= 11 is 5.71. The van der Waals surface area contributed by atoms with Crippen LogP contribution in [0.5, 0.6) is 0 Å². The third kappa shape index (κ3) is 3.22. The molecule has 1 unspecified atom stereocenters. The Bertz CT molecular complexity index is 432. The van der Waals surface area contributed by atoms with Crippen molar-refractivity contribution >= 4 is 29.2 Å². The predicted octanol–water partition coefficient (Wildman–Crippen LogP) is 1.32. The third-order valence-corrected chi connectivity index (χ3v) is 2.04. The van der Waals surface area contributed by atoms with E-state index in [0.717, 1.165) is 0 Å². The summed E-state index contributed by atoms with van der Waals surface area (Å²) < 4.78 is 0. The molecule has 0 aliphatic rings. The second kappa shape index (κ2) is 4.96. The maximum atomic E-state index is 11.3. The first-order valence-electron chi connectivity index (χ1n) is 4.50. The van der Waals surface area contributed by atoms with Crippen molar-refractivity contribution in [3.63, 3.8) is 0 Å². The van der Waals surface area contributed by atoms with E-state index in [9.17, 15) is 9.59 Å². The molecule has 5 nitrogen and oxygen atoms in total. The highest BCUT2D eigenvalue weighted by molar-refractivity contribution is 6.31. The Morgan fingerprint density at radius 2 is 2.06 bits per heavy atom. The van der Waals surface area contributed by atoms with Gasteiger partial charge in [0.05, 0.1) is 11.6 Å². The van der Waals surface area contributed by atoms with Crippen molar-refractivity contribution in [2.24, 2.45) is 5.73 Å². The zero-order chi connectivity index (χ0) is 12.3. The monoisotopic (exact) mass is 242 g/mol. The van der Waals surface area contributed by atoms with Crippen LogP contribution >= 0.6 is 11.6 Å². The molecule has 0 aromatic heterocycles. The lowest BCUT2D eigenvalue weighted by atomic mass is 10.2. The molecule has 4 N–H and O–H groups in total. The fraction of sp³-hybridized carbons (Fsp3) is 0.200. The Morgan fingerprint density at radius 1 is 1.44 bits per heavy atom. The minimum atomic E-state index is -1.11. The molecule has 1 rings (SSSR count). The van der Waals surface area contributed by atoms with Crippen molar-refractivity contribution in [2.75, 3.05) is 5.32 Å². The van der Waals surface area contributed by atoms with Gasteiger partial charge in [0.15, 0.2) is 0 Å². The summed E-state index contributed by atoms with van der Waals surface area (Å²) in [6.45, 7) is 1.53. The lowest BCUT2D eigenvalue weighted by molar-refractivity contribution is -0.117. The fourth-order valence-corrected chi connectivity index (χ4v) is 1.28. The maximum Gasteiger partial charge on any atom is 0.335 e. The molecule has 6 heteroatoms. The number of rotatable bonds is 3. The highest BCUT2D eigenvalue weighted by Crippen LogP contribution is 2.19. The van der Waals surface area contributed by atoms with Gasteiger partial charge in [-0.25, -0.2) is 4.79 Å². The van der Waals surface area contributed by atoms with Gasteiger partial charge in [-0.05, 0) is 25.1 Å².